The highest BCUT2D eigenvalue weighted by atomic mass is 16.6. The molecule has 1 fully saturated rings. The SMILES string of the molecule is CCOC(=O)C1CCN(c2ncnc(Nc3cccnc3)c2[N+](=O)[O-])CC1. The van der Waals surface area contributed by atoms with Gasteiger partial charge in [-0.1, -0.05) is 0 Å². The number of hydrogen-bond donors (Lipinski definition) is 1. The third-order valence-electron chi connectivity index (χ3n) is 4.32. The Labute approximate surface area is 155 Å². The van der Waals surface area contributed by atoms with Gasteiger partial charge in [-0.15, -0.1) is 0 Å². The number of hydrogen-bond acceptors (Lipinski definition) is 9. The third-order valence-corrected chi connectivity index (χ3v) is 4.32. The summed E-state index contributed by atoms with van der Waals surface area (Å²) in [5, 5.41) is 14.6. The lowest BCUT2D eigenvalue weighted by Gasteiger charge is -2.31. The summed E-state index contributed by atoms with van der Waals surface area (Å²) in [4.78, 5) is 37.0. The van der Waals surface area contributed by atoms with Gasteiger partial charge in [-0.2, -0.15) is 0 Å². The van der Waals surface area contributed by atoms with Crippen LogP contribution in [0.2, 0.25) is 0 Å². The Bertz CT molecular complexity index is 808. The highest BCUT2D eigenvalue weighted by molar-refractivity contribution is 5.75. The number of nitrogens with one attached hydrogen (secondary N) is 1. The van der Waals surface area contributed by atoms with Crippen molar-refractivity contribution < 1.29 is 14.5 Å². The molecule has 1 aliphatic rings. The van der Waals surface area contributed by atoms with Crippen molar-refractivity contribution in [3.05, 3.63) is 41.0 Å². The van der Waals surface area contributed by atoms with Crippen LogP contribution >= 0.6 is 0 Å². The second-order valence-electron chi connectivity index (χ2n) is 6.03. The molecular weight excluding hydrogens is 352 g/mol. The van der Waals surface area contributed by atoms with E-state index in [0.717, 1.165) is 0 Å². The summed E-state index contributed by atoms with van der Waals surface area (Å²) in [5.41, 5.74) is 0.391. The maximum atomic E-state index is 11.9. The number of ether oxygens (including phenoxy) is 1. The van der Waals surface area contributed by atoms with Crippen molar-refractivity contribution in [3.8, 4) is 0 Å². The van der Waals surface area contributed by atoms with Crippen LogP contribution in [0.3, 0.4) is 0 Å². The van der Waals surface area contributed by atoms with Crippen LogP contribution < -0.4 is 10.2 Å². The van der Waals surface area contributed by atoms with Gasteiger partial charge in [-0.3, -0.25) is 19.9 Å². The molecule has 0 bridgehead atoms. The van der Waals surface area contributed by atoms with Gasteiger partial charge in [0, 0.05) is 19.3 Å². The summed E-state index contributed by atoms with van der Waals surface area (Å²) in [6.07, 6.45) is 5.57. The van der Waals surface area contributed by atoms with E-state index in [1.165, 1.54) is 6.33 Å². The predicted molar refractivity (Wildman–Crippen MR) is 97.8 cm³/mol. The monoisotopic (exact) mass is 372 g/mol. The Balaban J connectivity index is 1.81. The van der Waals surface area contributed by atoms with E-state index < -0.39 is 4.92 Å². The first-order valence-corrected chi connectivity index (χ1v) is 8.68. The van der Waals surface area contributed by atoms with Crippen molar-refractivity contribution >= 4 is 29.0 Å². The van der Waals surface area contributed by atoms with Gasteiger partial charge in [0.1, 0.15) is 6.33 Å². The standard InChI is InChI=1S/C17H20N6O4/c1-2-27-17(24)12-5-8-22(9-6-12)16-14(23(25)26)15(19-11-20-16)21-13-4-3-7-18-10-13/h3-4,7,10-12H,2,5-6,8-9H2,1H3,(H,19,20,21). The molecule has 1 saturated heterocycles. The zero-order valence-electron chi connectivity index (χ0n) is 14.9. The highest BCUT2D eigenvalue weighted by Crippen LogP contribution is 2.35. The molecule has 1 N–H and O–H groups in total. The average molecular weight is 372 g/mol. The second-order valence-corrected chi connectivity index (χ2v) is 6.03. The van der Waals surface area contributed by atoms with Crippen molar-refractivity contribution in [1.82, 2.24) is 15.0 Å². The number of nitrogens with zero attached hydrogens (tertiary/aromatic N) is 5. The van der Waals surface area contributed by atoms with Crippen LogP contribution in [-0.2, 0) is 9.53 Å². The molecule has 1 aliphatic heterocycles. The van der Waals surface area contributed by atoms with Gasteiger partial charge in [0.05, 0.1) is 29.3 Å². The molecule has 2 aromatic rings. The minimum atomic E-state index is -0.495. The molecule has 2 aromatic heterocycles. The van der Waals surface area contributed by atoms with Crippen LogP contribution in [0.5, 0.6) is 0 Å². The number of rotatable bonds is 6. The van der Waals surface area contributed by atoms with Crippen molar-refractivity contribution in [1.29, 1.82) is 0 Å². The van der Waals surface area contributed by atoms with Crippen LogP contribution in [0.1, 0.15) is 19.8 Å². The number of carbonyl (C=O) groups is 1. The molecule has 3 rings (SSSR count). The fourth-order valence-electron chi connectivity index (χ4n) is 3.02. The Hall–Kier alpha value is -3.30. The summed E-state index contributed by atoms with van der Waals surface area (Å²) in [6.45, 7) is 3.08. The fraction of sp³-hybridized carbons (Fsp3) is 0.412. The Morgan fingerprint density at radius 2 is 2.19 bits per heavy atom. The minimum Gasteiger partial charge on any atom is -0.466 e. The molecule has 0 radical (unpaired) electrons. The predicted octanol–water partition coefficient (Wildman–Crippen LogP) is 2.30. The molecule has 3 heterocycles. The van der Waals surface area contributed by atoms with E-state index in [4.69, 9.17) is 4.74 Å². The summed E-state index contributed by atoms with van der Waals surface area (Å²) in [6, 6.07) is 3.46. The lowest BCUT2D eigenvalue weighted by atomic mass is 9.97. The molecular formula is C17H20N6O4. The van der Waals surface area contributed by atoms with Crippen molar-refractivity contribution in [2.75, 3.05) is 29.9 Å². The van der Waals surface area contributed by atoms with Gasteiger partial charge >= 0.3 is 11.7 Å². The quantitative estimate of drug-likeness (QED) is 0.462. The van der Waals surface area contributed by atoms with E-state index in [-0.39, 0.29) is 29.2 Å². The molecule has 10 nitrogen and oxygen atoms in total. The van der Waals surface area contributed by atoms with Gasteiger partial charge in [-0.25, -0.2) is 9.97 Å². The maximum absolute atomic E-state index is 11.9. The Morgan fingerprint density at radius 3 is 2.81 bits per heavy atom. The van der Waals surface area contributed by atoms with Crippen LogP contribution in [0.25, 0.3) is 0 Å². The average Bonchev–Trinajstić information content (AvgIpc) is 2.69. The first-order chi connectivity index (χ1) is 13.1. The molecule has 10 heteroatoms. The maximum Gasteiger partial charge on any atom is 0.353 e. The number of nitro groups is 1. The van der Waals surface area contributed by atoms with E-state index >= 15 is 0 Å². The van der Waals surface area contributed by atoms with Crippen molar-refractivity contribution in [3.63, 3.8) is 0 Å². The lowest BCUT2D eigenvalue weighted by molar-refractivity contribution is -0.383. The van der Waals surface area contributed by atoms with Gasteiger partial charge in [-0.05, 0) is 31.9 Å². The van der Waals surface area contributed by atoms with E-state index in [2.05, 4.69) is 20.3 Å². The number of carbonyl (C=O) groups excluding carboxylic acids is 1. The third kappa shape index (κ3) is 4.27. The molecule has 142 valence electrons. The number of anilines is 3. The van der Waals surface area contributed by atoms with Gasteiger partial charge in [0.25, 0.3) is 0 Å². The van der Waals surface area contributed by atoms with E-state index in [0.29, 0.717) is 38.2 Å². The van der Waals surface area contributed by atoms with E-state index in [9.17, 15) is 14.9 Å². The molecule has 0 spiro atoms. The largest absolute Gasteiger partial charge is 0.466 e. The summed E-state index contributed by atoms with van der Waals surface area (Å²) < 4.78 is 5.06. The normalized spacial score (nSPS) is 14.6. The molecule has 27 heavy (non-hydrogen) atoms. The summed E-state index contributed by atoms with van der Waals surface area (Å²) >= 11 is 0. The minimum absolute atomic E-state index is 0.102. The van der Waals surface area contributed by atoms with Crippen LogP contribution in [-0.4, -0.2) is 45.5 Å². The molecule has 0 aliphatic carbocycles. The number of pyridine rings is 1. The zero-order valence-corrected chi connectivity index (χ0v) is 14.9. The lowest BCUT2D eigenvalue weighted by Crippen LogP contribution is -2.37. The molecule has 0 atom stereocenters. The number of piperidine rings is 1. The van der Waals surface area contributed by atoms with Gasteiger partial charge < -0.3 is 15.0 Å². The first kappa shape index (κ1) is 18.5. The summed E-state index contributed by atoms with van der Waals surface area (Å²) in [7, 11) is 0. The highest BCUT2D eigenvalue weighted by Gasteiger charge is 2.32. The Morgan fingerprint density at radius 1 is 1.41 bits per heavy atom. The van der Waals surface area contributed by atoms with E-state index in [1.54, 1.807) is 31.5 Å². The summed E-state index contributed by atoms with van der Waals surface area (Å²) in [5.74, 6) is -0.0578. The Kier molecular flexibility index (Phi) is 5.74. The number of esters is 1. The van der Waals surface area contributed by atoms with Gasteiger partial charge in [0.15, 0.2) is 0 Å². The second kappa shape index (κ2) is 8.39. The zero-order chi connectivity index (χ0) is 19.2. The smallest absolute Gasteiger partial charge is 0.353 e. The fourth-order valence-corrected chi connectivity index (χ4v) is 3.02. The molecule has 0 amide bonds. The number of aromatic nitrogens is 3. The molecule has 0 unspecified atom stereocenters. The topological polar surface area (TPSA) is 123 Å². The molecule has 0 saturated carbocycles. The van der Waals surface area contributed by atoms with Crippen LogP contribution in [0.4, 0.5) is 23.0 Å². The van der Waals surface area contributed by atoms with Crippen LogP contribution in [0.15, 0.2) is 30.9 Å². The van der Waals surface area contributed by atoms with E-state index in [1.807, 2.05) is 4.90 Å². The van der Waals surface area contributed by atoms with Crippen molar-refractivity contribution in [2.45, 2.75) is 19.8 Å². The first-order valence-electron chi connectivity index (χ1n) is 8.68. The molecule has 0 aromatic carbocycles. The van der Waals surface area contributed by atoms with Crippen molar-refractivity contribution in [2.24, 2.45) is 5.92 Å². The van der Waals surface area contributed by atoms with Crippen LogP contribution in [0, 0.1) is 16.0 Å². The van der Waals surface area contributed by atoms with Gasteiger partial charge in [0.2, 0.25) is 11.6 Å².